The fourth-order valence-electron chi connectivity index (χ4n) is 1.28. The van der Waals surface area contributed by atoms with Gasteiger partial charge in [-0.05, 0) is 12.1 Å². The van der Waals surface area contributed by atoms with Crippen molar-refractivity contribution in [3.8, 4) is 0 Å². The molecule has 0 N–H and O–H groups in total. The molecular weight excluding hydrogens is 210 g/mol. The number of fused-ring (bicyclic) bond motifs is 1. The number of halogens is 1. The average molecular weight is 216 g/mol. The number of rotatable bonds is 0. The summed E-state index contributed by atoms with van der Waals surface area (Å²) in [5, 5.41) is 0.318. The van der Waals surface area contributed by atoms with Gasteiger partial charge in [-0.15, -0.1) is 0 Å². The standard InChI is InChI=1S/C8H6ClNO2S/c1-13(12)6-4-2-3-5(9)7(6)8(11)10-13/h2-4H,1H3. The molecule has 0 fully saturated rings. The van der Waals surface area contributed by atoms with E-state index in [2.05, 4.69) is 4.36 Å². The molecule has 68 valence electrons. The molecule has 1 aromatic rings. The monoisotopic (exact) mass is 215 g/mol. The predicted molar refractivity (Wildman–Crippen MR) is 50.5 cm³/mol. The maximum Gasteiger partial charge on any atom is 0.288 e. The van der Waals surface area contributed by atoms with Crippen LogP contribution in [0.4, 0.5) is 0 Å². The van der Waals surface area contributed by atoms with Crippen LogP contribution in [-0.2, 0) is 9.73 Å². The van der Waals surface area contributed by atoms with Crippen LogP contribution in [0.1, 0.15) is 10.4 Å². The van der Waals surface area contributed by atoms with Gasteiger partial charge in [0.25, 0.3) is 5.91 Å². The van der Waals surface area contributed by atoms with Gasteiger partial charge in [0, 0.05) is 6.26 Å². The van der Waals surface area contributed by atoms with Gasteiger partial charge < -0.3 is 0 Å². The number of carbonyl (C=O) groups excluding carboxylic acids is 1. The fourth-order valence-corrected chi connectivity index (χ4v) is 3.01. The first kappa shape index (κ1) is 8.72. The van der Waals surface area contributed by atoms with Gasteiger partial charge in [0.1, 0.15) is 0 Å². The Bertz CT molecular complexity index is 515. The second kappa shape index (κ2) is 2.56. The molecule has 1 atom stereocenters. The summed E-state index contributed by atoms with van der Waals surface area (Å²) in [4.78, 5) is 11.7. The van der Waals surface area contributed by atoms with E-state index >= 15 is 0 Å². The molecule has 1 aliphatic rings. The zero-order chi connectivity index (χ0) is 9.64. The Balaban J connectivity index is 2.90. The van der Waals surface area contributed by atoms with E-state index in [-0.39, 0.29) is 5.56 Å². The van der Waals surface area contributed by atoms with E-state index < -0.39 is 15.6 Å². The number of nitrogens with zero attached hydrogens (tertiary/aromatic N) is 1. The molecule has 13 heavy (non-hydrogen) atoms. The van der Waals surface area contributed by atoms with Gasteiger partial charge >= 0.3 is 0 Å². The number of hydrogen-bond acceptors (Lipinski definition) is 2. The summed E-state index contributed by atoms with van der Waals surface area (Å²) in [6.07, 6.45) is 1.44. The maximum absolute atomic E-state index is 11.7. The van der Waals surface area contributed by atoms with Gasteiger partial charge in [0.05, 0.1) is 25.2 Å². The third kappa shape index (κ3) is 1.17. The van der Waals surface area contributed by atoms with Crippen molar-refractivity contribution in [3.05, 3.63) is 28.8 Å². The predicted octanol–water partition coefficient (Wildman–Crippen LogP) is 1.95. The number of carbonyl (C=O) groups is 1. The Morgan fingerprint density at radius 2 is 2.15 bits per heavy atom. The van der Waals surface area contributed by atoms with E-state index in [1.165, 1.54) is 6.26 Å². The minimum absolute atomic E-state index is 0.289. The van der Waals surface area contributed by atoms with Crippen molar-refractivity contribution in [2.24, 2.45) is 4.36 Å². The summed E-state index contributed by atoms with van der Waals surface area (Å²) in [7, 11) is -2.54. The van der Waals surface area contributed by atoms with Crippen molar-refractivity contribution in [1.82, 2.24) is 0 Å². The van der Waals surface area contributed by atoms with E-state index in [9.17, 15) is 9.00 Å². The molecule has 0 saturated heterocycles. The molecular formula is C8H6ClNO2S. The summed E-state index contributed by atoms with van der Waals surface area (Å²) in [6.45, 7) is 0. The third-order valence-electron chi connectivity index (χ3n) is 1.85. The number of benzene rings is 1. The maximum atomic E-state index is 11.7. The van der Waals surface area contributed by atoms with E-state index in [0.717, 1.165) is 0 Å². The quantitative estimate of drug-likeness (QED) is 0.664. The molecule has 1 unspecified atom stereocenters. The van der Waals surface area contributed by atoms with Crippen LogP contribution in [0.3, 0.4) is 0 Å². The highest BCUT2D eigenvalue weighted by molar-refractivity contribution is 7.93. The van der Waals surface area contributed by atoms with Crippen LogP contribution in [-0.4, -0.2) is 16.4 Å². The van der Waals surface area contributed by atoms with Gasteiger partial charge in [0.15, 0.2) is 0 Å². The van der Waals surface area contributed by atoms with E-state index in [0.29, 0.717) is 9.92 Å². The molecule has 0 aliphatic carbocycles. The highest BCUT2D eigenvalue weighted by atomic mass is 35.5. The largest absolute Gasteiger partial charge is 0.288 e. The van der Waals surface area contributed by atoms with Crippen molar-refractivity contribution in [2.75, 3.05) is 6.26 Å². The average Bonchev–Trinajstić information content (AvgIpc) is 2.24. The van der Waals surface area contributed by atoms with Gasteiger partial charge in [-0.3, -0.25) is 4.79 Å². The van der Waals surface area contributed by atoms with Gasteiger partial charge in [-0.25, -0.2) is 4.21 Å². The molecule has 1 aliphatic heterocycles. The summed E-state index contributed by atoms with van der Waals surface area (Å²) >= 11 is 5.79. The highest BCUT2D eigenvalue weighted by Crippen LogP contribution is 2.30. The third-order valence-corrected chi connectivity index (χ3v) is 3.84. The lowest BCUT2D eigenvalue weighted by Crippen LogP contribution is -1.94. The lowest BCUT2D eigenvalue weighted by atomic mass is 10.2. The lowest BCUT2D eigenvalue weighted by molar-refractivity contribution is 0.101. The number of hydrogen-bond donors (Lipinski definition) is 0. The topological polar surface area (TPSA) is 46.5 Å². The fraction of sp³-hybridized carbons (Fsp3) is 0.125. The Morgan fingerprint density at radius 1 is 1.46 bits per heavy atom. The molecule has 1 heterocycles. The zero-order valence-corrected chi connectivity index (χ0v) is 8.35. The Morgan fingerprint density at radius 3 is 2.77 bits per heavy atom. The minimum Gasteiger partial charge on any atom is -0.266 e. The van der Waals surface area contributed by atoms with E-state index in [1.54, 1.807) is 18.2 Å². The summed E-state index contributed by atoms with van der Waals surface area (Å²) in [5.41, 5.74) is 0.289. The first-order valence-corrected chi connectivity index (χ1v) is 5.87. The van der Waals surface area contributed by atoms with E-state index in [4.69, 9.17) is 11.6 Å². The second-order valence-electron chi connectivity index (χ2n) is 2.81. The molecule has 1 aromatic carbocycles. The van der Waals surface area contributed by atoms with Crippen molar-refractivity contribution >= 4 is 27.2 Å². The van der Waals surface area contributed by atoms with Crippen LogP contribution < -0.4 is 0 Å². The summed E-state index contributed by atoms with van der Waals surface area (Å²) < 4.78 is 15.3. The van der Waals surface area contributed by atoms with Crippen LogP contribution in [0.5, 0.6) is 0 Å². The van der Waals surface area contributed by atoms with Gasteiger partial charge in [-0.2, -0.15) is 4.36 Å². The van der Waals surface area contributed by atoms with Crippen molar-refractivity contribution in [1.29, 1.82) is 0 Å². The van der Waals surface area contributed by atoms with Crippen LogP contribution in [0.25, 0.3) is 0 Å². The highest BCUT2D eigenvalue weighted by Gasteiger charge is 2.27. The second-order valence-corrected chi connectivity index (χ2v) is 5.45. The molecule has 5 heteroatoms. The van der Waals surface area contributed by atoms with Gasteiger partial charge in [0.2, 0.25) is 0 Å². The number of amides is 1. The first-order valence-electron chi connectivity index (χ1n) is 3.57. The van der Waals surface area contributed by atoms with Crippen LogP contribution in [0, 0.1) is 0 Å². The smallest absolute Gasteiger partial charge is 0.266 e. The van der Waals surface area contributed by atoms with Crippen LogP contribution in [0.15, 0.2) is 27.5 Å². The molecule has 2 rings (SSSR count). The molecule has 0 spiro atoms. The Kier molecular flexibility index (Phi) is 1.72. The molecule has 3 nitrogen and oxygen atoms in total. The van der Waals surface area contributed by atoms with Gasteiger partial charge in [-0.1, -0.05) is 17.7 Å². The lowest BCUT2D eigenvalue weighted by Gasteiger charge is -1.99. The van der Waals surface area contributed by atoms with Crippen molar-refractivity contribution in [3.63, 3.8) is 0 Å². The minimum atomic E-state index is -2.54. The molecule has 0 saturated carbocycles. The first-order chi connectivity index (χ1) is 6.02. The normalized spacial score (nSPS) is 25.5. The van der Waals surface area contributed by atoms with Crippen molar-refractivity contribution < 1.29 is 9.00 Å². The van der Waals surface area contributed by atoms with Crippen LogP contribution in [0.2, 0.25) is 5.02 Å². The van der Waals surface area contributed by atoms with E-state index in [1.807, 2.05) is 0 Å². The molecule has 1 amide bonds. The zero-order valence-electron chi connectivity index (χ0n) is 6.78. The molecule has 0 radical (unpaired) electrons. The van der Waals surface area contributed by atoms with Crippen molar-refractivity contribution in [2.45, 2.75) is 4.90 Å². The molecule has 0 bridgehead atoms. The Labute approximate surface area is 80.9 Å². The SMILES string of the molecule is CS1(=O)=NC(=O)c2c(Cl)cccc21. The molecule has 0 aromatic heterocycles. The Hall–Kier alpha value is -0.870. The van der Waals surface area contributed by atoms with Crippen LogP contribution >= 0.6 is 11.6 Å². The summed E-state index contributed by atoms with van der Waals surface area (Å²) in [6, 6.07) is 4.88. The summed E-state index contributed by atoms with van der Waals surface area (Å²) in [5.74, 6) is -0.479.